The molecule has 0 bridgehead atoms. The third-order valence-corrected chi connectivity index (χ3v) is 5.40. The predicted molar refractivity (Wildman–Crippen MR) is 92.8 cm³/mol. The monoisotopic (exact) mass is 328 g/mol. The number of rotatable bonds is 6. The molecule has 112 valence electrons. The smallest absolute Gasteiger partial charge is 0.202 e. The third-order valence-electron chi connectivity index (χ3n) is 3.09. The van der Waals surface area contributed by atoms with Gasteiger partial charge in [0.1, 0.15) is 0 Å². The molecule has 0 unspecified atom stereocenters. The highest BCUT2D eigenvalue weighted by Gasteiger charge is 2.14. The number of aromatic nitrogens is 4. The van der Waals surface area contributed by atoms with Gasteiger partial charge in [0.05, 0.1) is 6.54 Å². The number of nitrogens with zero attached hydrogens (tertiary/aromatic N) is 4. The molecule has 0 radical (unpaired) electrons. The van der Waals surface area contributed by atoms with Crippen molar-refractivity contribution in [3.63, 3.8) is 0 Å². The number of hydrogen-bond donors (Lipinski definition) is 0. The Balaban J connectivity index is 1.98. The Morgan fingerprint density at radius 2 is 1.77 bits per heavy atom. The highest BCUT2D eigenvalue weighted by molar-refractivity contribution is 8.76. The molecule has 0 spiro atoms. The first-order valence-electron chi connectivity index (χ1n) is 7.05. The van der Waals surface area contributed by atoms with Crippen molar-refractivity contribution in [3.8, 4) is 11.4 Å². The van der Waals surface area contributed by atoms with Crippen LogP contribution in [0.2, 0.25) is 0 Å². The van der Waals surface area contributed by atoms with Gasteiger partial charge in [-0.15, -0.1) is 10.2 Å². The summed E-state index contributed by atoms with van der Waals surface area (Å²) in [7, 11) is 3.45. The first-order valence-corrected chi connectivity index (χ1v) is 9.37. The Kier molecular flexibility index (Phi) is 5.13. The standard InChI is InChI=1S/C16H16N4S2/c1-2-21-22-16-19-18-15(14-8-10-17-11-9-14)20(16)12-13-6-4-3-5-7-13/h3-11H,2,12H2,1H3. The van der Waals surface area contributed by atoms with E-state index < -0.39 is 0 Å². The van der Waals surface area contributed by atoms with E-state index in [4.69, 9.17) is 0 Å². The second kappa shape index (κ2) is 7.47. The normalized spacial score (nSPS) is 10.8. The quantitative estimate of drug-likeness (QED) is 0.636. The molecule has 6 heteroatoms. The molecule has 0 aliphatic rings. The van der Waals surface area contributed by atoms with Crippen LogP contribution < -0.4 is 0 Å². The molecule has 0 N–H and O–H groups in total. The van der Waals surface area contributed by atoms with Gasteiger partial charge in [-0.2, -0.15) is 0 Å². The average molecular weight is 328 g/mol. The Bertz CT molecular complexity index is 714. The minimum absolute atomic E-state index is 0.762. The zero-order valence-electron chi connectivity index (χ0n) is 12.2. The van der Waals surface area contributed by atoms with E-state index in [-0.39, 0.29) is 0 Å². The first kappa shape index (κ1) is 15.1. The molecule has 3 aromatic rings. The Hall–Kier alpha value is -1.79. The van der Waals surface area contributed by atoms with E-state index in [1.165, 1.54) is 5.56 Å². The van der Waals surface area contributed by atoms with Crippen molar-refractivity contribution in [2.75, 3.05) is 5.75 Å². The predicted octanol–water partition coefficient (Wildman–Crippen LogP) is 4.15. The van der Waals surface area contributed by atoms with Crippen LogP contribution in [0.15, 0.2) is 60.0 Å². The summed E-state index contributed by atoms with van der Waals surface area (Å²) in [5, 5.41) is 9.68. The van der Waals surface area contributed by atoms with Crippen molar-refractivity contribution >= 4 is 21.6 Å². The van der Waals surface area contributed by atoms with E-state index in [1.807, 2.05) is 18.2 Å². The van der Waals surface area contributed by atoms with Crippen molar-refractivity contribution in [2.24, 2.45) is 0 Å². The minimum Gasteiger partial charge on any atom is -0.297 e. The second-order valence-corrected chi connectivity index (χ2v) is 7.16. The Morgan fingerprint density at radius 3 is 2.50 bits per heavy atom. The molecule has 0 aliphatic heterocycles. The molecule has 2 aromatic heterocycles. The highest BCUT2D eigenvalue weighted by atomic mass is 33.1. The fourth-order valence-corrected chi connectivity index (χ4v) is 3.66. The van der Waals surface area contributed by atoms with Gasteiger partial charge in [0.2, 0.25) is 5.16 Å². The average Bonchev–Trinajstić information content (AvgIpc) is 2.97. The van der Waals surface area contributed by atoms with E-state index >= 15 is 0 Å². The molecule has 0 saturated heterocycles. The van der Waals surface area contributed by atoms with Crippen molar-refractivity contribution in [2.45, 2.75) is 18.6 Å². The lowest BCUT2D eigenvalue weighted by Gasteiger charge is -2.09. The van der Waals surface area contributed by atoms with Crippen LogP contribution in [0.4, 0.5) is 0 Å². The summed E-state index contributed by atoms with van der Waals surface area (Å²) in [6.45, 7) is 2.90. The van der Waals surface area contributed by atoms with Crippen molar-refractivity contribution in [1.29, 1.82) is 0 Å². The summed E-state index contributed by atoms with van der Waals surface area (Å²) in [6.07, 6.45) is 3.56. The van der Waals surface area contributed by atoms with Gasteiger partial charge in [0.25, 0.3) is 0 Å². The molecular weight excluding hydrogens is 312 g/mol. The third kappa shape index (κ3) is 3.51. The van der Waals surface area contributed by atoms with Gasteiger partial charge in [0, 0.05) is 23.7 Å². The lowest BCUT2D eigenvalue weighted by Crippen LogP contribution is -2.03. The molecule has 2 heterocycles. The summed E-state index contributed by atoms with van der Waals surface area (Å²) in [6, 6.07) is 14.3. The molecule has 4 nitrogen and oxygen atoms in total. The van der Waals surface area contributed by atoms with Crippen LogP contribution in [0, 0.1) is 0 Å². The summed E-state index contributed by atoms with van der Waals surface area (Å²) in [5.41, 5.74) is 2.27. The largest absolute Gasteiger partial charge is 0.297 e. The van der Waals surface area contributed by atoms with Crippen LogP contribution in [0.5, 0.6) is 0 Å². The number of pyridine rings is 1. The van der Waals surface area contributed by atoms with E-state index in [0.29, 0.717) is 0 Å². The van der Waals surface area contributed by atoms with Crippen molar-refractivity contribution in [1.82, 2.24) is 19.7 Å². The van der Waals surface area contributed by atoms with Crippen molar-refractivity contribution < 1.29 is 0 Å². The van der Waals surface area contributed by atoms with Crippen LogP contribution in [-0.4, -0.2) is 25.5 Å². The lowest BCUT2D eigenvalue weighted by molar-refractivity contribution is 0.717. The van der Waals surface area contributed by atoms with Gasteiger partial charge in [-0.25, -0.2) is 0 Å². The van der Waals surface area contributed by atoms with Crippen LogP contribution >= 0.6 is 21.6 Å². The van der Waals surface area contributed by atoms with Gasteiger partial charge >= 0.3 is 0 Å². The lowest BCUT2D eigenvalue weighted by atomic mass is 10.2. The number of hydrogen-bond acceptors (Lipinski definition) is 5. The maximum Gasteiger partial charge on any atom is 0.202 e. The molecule has 22 heavy (non-hydrogen) atoms. The maximum absolute atomic E-state index is 4.39. The van der Waals surface area contributed by atoms with Gasteiger partial charge in [-0.1, -0.05) is 48.0 Å². The van der Waals surface area contributed by atoms with Crippen LogP contribution in [0.3, 0.4) is 0 Å². The zero-order valence-corrected chi connectivity index (χ0v) is 13.8. The topological polar surface area (TPSA) is 43.6 Å². The molecular formula is C16H16N4S2. The molecule has 0 atom stereocenters. The molecule has 3 rings (SSSR count). The van der Waals surface area contributed by atoms with E-state index in [2.05, 4.69) is 50.9 Å². The summed E-state index contributed by atoms with van der Waals surface area (Å²) >= 11 is 0. The second-order valence-electron chi connectivity index (χ2n) is 4.60. The van der Waals surface area contributed by atoms with Crippen LogP contribution in [0.1, 0.15) is 12.5 Å². The Labute approximate surface area is 137 Å². The van der Waals surface area contributed by atoms with Crippen molar-refractivity contribution in [3.05, 3.63) is 60.4 Å². The SMILES string of the molecule is CCSSc1nnc(-c2ccncc2)n1Cc1ccccc1. The summed E-state index contributed by atoms with van der Waals surface area (Å²) in [4.78, 5) is 4.07. The van der Waals surface area contributed by atoms with E-state index in [9.17, 15) is 0 Å². The zero-order chi connectivity index (χ0) is 15.2. The Morgan fingerprint density at radius 1 is 1.00 bits per heavy atom. The van der Waals surface area contributed by atoms with E-state index in [0.717, 1.165) is 28.8 Å². The minimum atomic E-state index is 0.762. The highest BCUT2D eigenvalue weighted by Crippen LogP contribution is 2.32. The molecule has 0 aliphatic carbocycles. The van der Waals surface area contributed by atoms with Gasteiger partial charge in [0.15, 0.2) is 5.82 Å². The fourth-order valence-electron chi connectivity index (χ4n) is 2.09. The molecule has 0 saturated carbocycles. The van der Waals surface area contributed by atoms with Gasteiger partial charge < -0.3 is 0 Å². The van der Waals surface area contributed by atoms with E-state index in [1.54, 1.807) is 34.0 Å². The maximum atomic E-state index is 4.39. The molecule has 0 fully saturated rings. The van der Waals surface area contributed by atoms with Gasteiger partial charge in [-0.3, -0.25) is 9.55 Å². The van der Waals surface area contributed by atoms with Crippen LogP contribution in [0.25, 0.3) is 11.4 Å². The number of benzene rings is 1. The summed E-state index contributed by atoms with van der Waals surface area (Å²) < 4.78 is 2.16. The molecule has 0 amide bonds. The van der Waals surface area contributed by atoms with Crippen LogP contribution in [-0.2, 0) is 6.54 Å². The first-order chi connectivity index (χ1) is 10.9. The summed E-state index contributed by atoms with van der Waals surface area (Å²) in [5.74, 6) is 1.92. The fraction of sp³-hybridized carbons (Fsp3) is 0.188. The molecule has 1 aromatic carbocycles. The van der Waals surface area contributed by atoms with Gasteiger partial charge in [-0.05, 0) is 28.5 Å².